The number of hydrogen-bond acceptors (Lipinski definition) is 2. The lowest BCUT2D eigenvalue weighted by molar-refractivity contribution is 1.13. The van der Waals surface area contributed by atoms with Gasteiger partial charge in [0.2, 0.25) is 0 Å². The lowest BCUT2D eigenvalue weighted by atomic mass is 10.0. The number of hydrogen-bond donors (Lipinski definition) is 0. The third-order valence-electron chi connectivity index (χ3n) is 3.34. The summed E-state index contributed by atoms with van der Waals surface area (Å²) >= 11 is 0. The monoisotopic (exact) mass is 248 g/mol. The summed E-state index contributed by atoms with van der Waals surface area (Å²) in [4.78, 5) is 6.34. The summed E-state index contributed by atoms with van der Waals surface area (Å²) in [5.74, 6) is 0. The summed E-state index contributed by atoms with van der Waals surface area (Å²) in [5, 5.41) is 2.40. The molecule has 0 fully saturated rings. The van der Waals surface area contributed by atoms with Gasteiger partial charge in [0.05, 0.1) is 0 Å². The highest BCUT2D eigenvalue weighted by molar-refractivity contribution is 5.89. The maximum Gasteiger partial charge on any atom is 0.0440 e. The van der Waals surface area contributed by atoms with Crippen LogP contribution >= 0.6 is 0 Å². The van der Waals surface area contributed by atoms with Crippen LogP contribution in [-0.4, -0.2) is 19.1 Å². The standard InChI is InChI=1S/C17H16N2/c1-19(2)17-6-4-3-5-16(17)14-8-7-13-9-10-18-12-15(13)11-14/h3-12H,1-2H3. The van der Waals surface area contributed by atoms with Crippen molar-refractivity contribution in [2.24, 2.45) is 0 Å². The van der Waals surface area contributed by atoms with Crippen LogP contribution in [0, 0.1) is 0 Å². The summed E-state index contributed by atoms with van der Waals surface area (Å²) in [6.07, 6.45) is 3.74. The average molecular weight is 248 g/mol. The molecule has 0 aliphatic rings. The van der Waals surface area contributed by atoms with Crippen LogP contribution in [0.5, 0.6) is 0 Å². The molecule has 0 atom stereocenters. The van der Waals surface area contributed by atoms with Gasteiger partial charge in [0.25, 0.3) is 0 Å². The SMILES string of the molecule is CN(C)c1ccccc1-c1ccc2ccncc2c1. The lowest BCUT2D eigenvalue weighted by Gasteiger charge is -2.17. The van der Waals surface area contributed by atoms with Crippen LogP contribution in [0.15, 0.2) is 60.9 Å². The van der Waals surface area contributed by atoms with E-state index in [0.717, 1.165) is 0 Å². The molecule has 1 aromatic heterocycles. The fourth-order valence-electron chi connectivity index (χ4n) is 2.36. The Morgan fingerprint density at radius 2 is 1.74 bits per heavy atom. The fourth-order valence-corrected chi connectivity index (χ4v) is 2.36. The van der Waals surface area contributed by atoms with Gasteiger partial charge in [-0.3, -0.25) is 4.98 Å². The number of benzene rings is 2. The smallest absolute Gasteiger partial charge is 0.0440 e. The molecule has 94 valence electrons. The van der Waals surface area contributed by atoms with Gasteiger partial charge in [0.15, 0.2) is 0 Å². The summed E-state index contributed by atoms with van der Waals surface area (Å²) in [6.45, 7) is 0. The van der Waals surface area contributed by atoms with Crippen LogP contribution in [0.25, 0.3) is 21.9 Å². The Balaban J connectivity index is 2.19. The molecule has 3 aromatic rings. The largest absolute Gasteiger partial charge is 0.377 e. The van der Waals surface area contributed by atoms with Gasteiger partial charge < -0.3 is 4.90 Å². The molecule has 0 saturated heterocycles. The topological polar surface area (TPSA) is 16.1 Å². The minimum Gasteiger partial charge on any atom is -0.377 e. The normalized spacial score (nSPS) is 10.6. The number of nitrogens with zero attached hydrogens (tertiary/aromatic N) is 2. The van der Waals surface area contributed by atoms with Crippen molar-refractivity contribution < 1.29 is 0 Å². The zero-order valence-electron chi connectivity index (χ0n) is 11.2. The molecule has 2 aromatic carbocycles. The molecule has 19 heavy (non-hydrogen) atoms. The molecular formula is C17H16N2. The Labute approximate surface area is 113 Å². The van der Waals surface area contributed by atoms with Crippen molar-refractivity contribution in [3.63, 3.8) is 0 Å². The van der Waals surface area contributed by atoms with Gasteiger partial charge in [-0.1, -0.05) is 30.3 Å². The van der Waals surface area contributed by atoms with Gasteiger partial charge in [0, 0.05) is 43.1 Å². The zero-order valence-corrected chi connectivity index (χ0v) is 11.2. The second-order valence-electron chi connectivity index (χ2n) is 4.85. The lowest BCUT2D eigenvalue weighted by Crippen LogP contribution is -2.09. The predicted octanol–water partition coefficient (Wildman–Crippen LogP) is 3.97. The minimum atomic E-state index is 1.17. The molecule has 0 radical (unpaired) electrons. The van der Waals surface area contributed by atoms with E-state index in [1.54, 1.807) is 0 Å². The van der Waals surface area contributed by atoms with Gasteiger partial charge in [-0.2, -0.15) is 0 Å². The first-order chi connectivity index (χ1) is 9.25. The van der Waals surface area contributed by atoms with E-state index in [4.69, 9.17) is 0 Å². The second kappa shape index (κ2) is 4.73. The maximum atomic E-state index is 4.19. The maximum absolute atomic E-state index is 4.19. The summed E-state index contributed by atoms with van der Waals surface area (Å²) in [6, 6.07) is 17.0. The van der Waals surface area contributed by atoms with Crippen molar-refractivity contribution in [1.29, 1.82) is 0 Å². The summed E-state index contributed by atoms with van der Waals surface area (Å²) in [5.41, 5.74) is 3.70. The molecular weight excluding hydrogens is 232 g/mol. The fraction of sp³-hybridized carbons (Fsp3) is 0.118. The Morgan fingerprint density at radius 1 is 0.895 bits per heavy atom. The summed E-state index contributed by atoms with van der Waals surface area (Å²) < 4.78 is 0. The average Bonchev–Trinajstić information content (AvgIpc) is 2.46. The number of rotatable bonds is 2. The number of fused-ring (bicyclic) bond motifs is 1. The third kappa shape index (κ3) is 2.17. The van der Waals surface area contributed by atoms with E-state index in [1.807, 2.05) is 18.5 Å². The van der Waals surface area contributed by atoms with Crippen LogP contribution in [0.4, 0.5) is 5.69 Å². The third-order valence-corrected chi connectivity index (χ3v) is 3.34. The second-order valence-corrected chi connectivity index (χ2v) is 4.85. The van der Waals surface area contributed by atoms with E-state index in [0.29, 0.717) is 0 Å². The van der Waals surface area contributed by atoms with Crippen LogP contribution in [0.2, 0.25) is 0 Å². The molecule has 2 heteroatoms. The molecule has 0 bridgehead atoms. The quantitative estimate of drug-likeness (QED) is 0.682. The molecule has 1 heterocycles. The number of aromatic nitrogens is 1. The Kier molecular flexibility index (Phi) is 2.92. The zero-order chi connectivity index (χ0) is 13.2. The first-order valence-electron chi connectivity index (χ1n) is 6.36. The van der Waals surface area contributed by atoms with Gasteiger partial charge >= 0.3 is 0 Å². The number of anilines is 1. The highest BCUT2D eigenvalue weighted by Crippen LogP contribution is 2.31. The van der Waals surface area contributed by atoms with Gasteiger partial charge in [-0.05, 0) is 29.1 Å². The Morgan fingerprint density at radius 3 is 2.58 bits per heavy atom. The Hall–Kier alpha value is -2.35. The van der Waals surface area contributed by atoms with Crippen LogP contribution in [-0.2, 0) is 0 Å². The highest BCUT2D eigenvalue weighted by atomic mass is 15.1. The molecule has 0 unspecified atom stereocenters. The van der Waals surface area contributed by atoms with Gasteiger partial charge in [0.1, 0.15) is 0 Å². The van der Waals surface area contributed by atoms with Crippen molar-refractivity contribution in [2.75, 3.05) is 19.0 Å². The van der Waals surface area contributed by atoms with Gasteiger partial charge in [-0.25, -0.2) is 0 Å². The van der Waals surface area contributed by atoms with E-state index in [1.165, 1.54) is 27.6 Å². The molecule has 0 amide bonds. The first kappa shape index (κ1) is 11.7. The van der Waals surface area contributed by atoms with Crippen molar-refractivity contribution in [1.82, 2.24) is 4.98 Å². The predicted molar refractivity (Wildman–Crippen MR) is 81.5 cm³/mol. The molecule has 0 saturated carbocycles. The van der Waals surface area contributed by atoms with Gasteiger partial charge in [-0.15, -0.1) is 0 Å². The molecule has 3 rings (SSSR count). The number of pyridine rings is 1. The van der Waals surface area contributed by atoms with Crippen molar-refractivity contribution in [2.45, 2.75) is 0 Å². The van der Waals surface area contributed by atoms with Crippen LogP contribution < -0.4 is 4.90 Å². The molecule has 0 aliphatic heterocycles. The minimum absolute atomic E-state index is 1.17. The van der Waals surface area contributed by atoms with E-state index >= 15 is 0 Å². The van der Waals surface area contributed by atoms with E-state index in [-0.39, 0.29) is 0 Å². The molecule has 0 aliphatic carbocycles. The van der Waals surface area contributed by atoms with Crippen molar-refractivity contribution >= 4 is 16.5 Å². The van der Waals surface area contributed by atoms with Crippen LogP contribution in [0.3, 0.4) is 0 Å². The first-order valence-corrected chi connectivity index (χ1v) is 6.36. The van der Waals surface area contributed by atoms with Crippen molar-refractivity contribution in [3.05, 3.63) is 60.9 Å². The van der Waals surface area contributed by atoms with E-state index in [2.05, 4.69) is 66.4 Å². The van der Waals surface area contributed by atoms with E-state index < -0.39 is 0 Å². The molecule has 2 nitrogen and oxygen atoms in total. The van der Waals surface area contributed by atoms with E-state index in [9.17, 15) is 0 Å². The Bertz CT molecular complexity index is 717. The van der Waals surface area contributed by atoms with Crippen LogP contribution in [0.1, 0.15) is 0 Å². The van der Waals surface area contributed by atoms with Crippen molar-refractivity contribution in [3.8, 4) is 11.1 Å². The molecule has 0 spiro atoms. The number of para-hydroxylation sites is 1. The highest BCUT2D eigenvalue weighted by Gasteiger charge is 2.06. The summed E-state index contributed by atoms with van der Waals surface area (Å²) in [7, 11) is 4.14. The molecule has 0 N–H and O–H groups in total.